The van der Waals surface area contributed by atoms with Gasteiger partial charge in [0.1, 0.15) is 11.7 Å². The lowest BCUT2D eigenvalue weighted by molar-refractivity contribution is -0.152. The van der Waals surface area contributed by atoms with Gasteiger partial charge in [0.05, 0.1) is 13.2 Å². The van der Waals surface area contributed by atoms with Crippen LogP contribution in [0.25, 0.3) is 0 Å². The maximum Gasteiger partial charge on any atom is 0.317 e. The third-order valence-electron chi connectivity index (χ3n) is 4.14. The van der Waals surface area contributed by atoms with Crippen LogP contribution in [0, 0.1) is 5.92 Å². The van der Waals surface area contributed by atoms with Gasteiger partial charge >= 0.3 is 5.97 Å². The number of ether oxygens (including phenoxy) is 2. The molecule has 0 radical (unpaired) electrons. The van der Waals surface area contributed by atoms with E-state index in [0.29, 0.717) is 18.8 Å². The van der Waals surface area contributed by atoms with E-state index in [0.717, 1.165) is 11.3 Å². The van der Waals surface area contributed by atoms with Crippen LogP contribution in [0.4, 0.5) is 5.69 Å². The van der Waals surface area contributed by atoms with Crippen molar-refractivity contribution in [1.82, 2.24) is 0 Å². The number of nitrogens with zero attached hydrogens (tertiary/aromatic N) is 1. The van der Waals surface area contributed by atoms with Gasteiger partial charge < -0.3 is 14.4 Å². The summed E-state index contributed by atoms with van der Waals surface area (Å²) in [6, 6.07) is 7.91. The molecule has 1 aliphatic carbocycles. The van der Waals surface area contributed by atoms with E-state index < -0.39 is 11.9 Å². The van der Waals surface area contributed by atoms with Crippen molar-refractivity contribution in [3.63, 3.8) is 0 Å². The Morgan fingerprint density at radius 3 is 2.38 bits per heavy atom. The number of rotatable bonds is 6. The molecule has 5 nitrogen and oxygen atoms in total. The number of hydrogen-bond donors (Lipinski definition) is 0. The molecule has 0 fully saturated rings. The molecule has 1 aromatic carbocycles. The summed E-state index contributed by atoms with van der Waals surface area (Å²) in [7, 11) is 3.94. The van der Waals surface area contributed by atoms with Gasteiger partial charge in [-0.25, -0.2) is 0 Å². The number of carbonyl (C=O) groups is 2. The van der Waals surface area contributed by atoms with Gasteiger partial charge in [0.15, 0.2) is 5.78 Å². The van der Waals surface area contributed by atoms with Crippen LogP contribution in [-0.4, -0.2) is 39.1 Å². The zero-order valence-corrected chi connectivity index (χ0v) is 14.7. The Morgan fingerprint density at radius 1 is 1.17 bits per heavy atom. The van der Waals surface area contributed by atoms with Gasteiger partial charge in [0.25, 0.3) is 0 Å². The molecule has 0 spiro atoms. The summed E-state index contributed by atoms with van der Waals surface area (Å²) in [6.45, 7) is 4.38. The van der Waals surface area contributed by atoms with Crippen LogP contribution in [0.1, 0.15) is 31.7 Å². The summed E-state index contributed by atoms with van der Waals surface area (Å²) in [5.74, 6) is -1.15. The highest BCUT2D eigenvalue weighted by molar-refractivity contribution is 6.06. The minimum Gasteiger partial charge on any atom is -0.498 e. The Labute approximate surface area is 143 Å². The van der Waals surface area contributed by atoms with Crippen LogP contribution in [0.2, 0.25) is 0 Å². The average Bonchev–Trinajstić information content (AvgIpc) is 2.54. The summed E-state index contributed by atoms with van der Waals surface area (Å²) in [6.07, 6.45) is 1.96. The van der Waals surface area contributed by atoms with E-state index in [1.54, 1.807) is 6.92 Å². The molecule has 5 heteroatoms. The number of ketones is 1. The molecule has 0 N–H and O–H groups in total. The third kappa shape index (κ3) is 3.96. The van der Waals surface area contributed by atoms with Crippen molar-refractivity contribution in [1.29, 1.82) is 0 Å². The standard InChI is InChI=1S/C19H25NO4/c1-5-23-15-11-16(13-7-9-14(10-8-13)20(3)4)18(17(21)12-15)19(22)24-6-2/h7-10,12,16,18H,5-6,11H2,1-4H3. The lowest BCUT2D eigenvalue weighted by atomic mass is 9.77. The van der Waals surface area contributed by atoms with Crippen molar-refractivity contribution < 1.29 is 19.1 Å². The molecule has 0 saturated carbocycles. The van der Waals surface area contributed by atoms with Crippen LogP contribution >= 0.6 is 0 Å². The van der Waals surface area contributed by atoms with Gasteiger partial charge in [-0.15, -0.1) is 0 Å². The van der Waals surface area contributed by atoms with Gasteiger partial charge in [-0.2, -0.15) is 0 Å². The van der Waals surface area contributed by atoms with Crippen LogP contribution < -0.4 is 4.90 Å². The molecule has 2 atom stereocenters. The smallest absolute Gasteiger partial charge is 0.317 e. The maximum atomic E-state index is 12.5. The number of hydrogen-bond acceptors (Lipinski definition) is 5. The Kier molecular flexibility index (Phi) is 6.01. The van der Waals surface area contributed by atoms with E-state index in [-0.39, 0.29) is 18.3 Å². The molecular weight excluding hydrogens is 306 g/mol. The highest BCUT2D eigenvalue weighted by Gasteiger charge is 2.40. The molecule has 24 heavy (non-hydrogen) atoms. The second kappa shape index (κ2) is 7.99. The van der Waals surface area contributed by atoms with Crippen LogP contribution in [-0.2, 0) is 19.1 Å². The third-order valence-corrected chi connectivity index (χ3v) is 4.14. The fourth-order valence-corrected chi connectivity index (χ4v) is 2.97. The number of benzene rings is 1. The van der Waals surface area contributed by atoms with Gasteiger partial charge in [-0.05, 0) is 31.5 Å². The zero-order chi connectivity index (χ0) is 17.7. The van der Waals surface area contributed by atoms with E-state index in [1.165, 1.54) is 6.08 Å². The van der Waals surface area contributed by atoms with E-state index in [9.17, 15) is 9.59 Å². The highest BCUT2D eigenvalue weighted by Crippen LogP contribution is 2.37. The Bertz CT molecular complexity index is 619. The number of carbonyl (C=O) groups excluding carboxylic acids is 2. The Hall–Kier alpha value is -2.30. The molecule has 130 valence electrons. The fourth-order valence-electron chi connectivity index (χ4n) is 2.97. The first-order valence-electron chi connectivity index (χ1n) is 8.29. The molecule has 0 aromatic heterocycles. The molecule has 0 bridgehead atoms. The van der Waals surface area contributed by atoms with Crippen LogP contribution in [0.15, 0.2) is 36.1 Å². The molecule has 0 aliphatic heterocycles. The molecule has 0 saturated heterocycles. The molecule has 2 unspecified atom stereocenters. The van der Waals surface area contributed by atoms with Gasteiger partial charge in [0, 0.05) is 38.2 Å². The highest BCUT2D eigenvalue weighted by atomic mass is 16.5. The van der Waals surface area contributed by atoms with Crippen LogP contribution in [0.5, 0.6) is 0 Å². The van der Waals surface area contributed by atoms with Crippen molar-refractivity contribution in [3.8, 4) is 0 Å². The predicted molar refractivity (Wildman–Crippen MR) is 93.0 cm³/mol. The maximum absolute atomic E-state index is 12.5. The summed E-state index contributed by atoms with van der Waals surface area (Å²) in [4.78, 5) is 26.8. The average molecular weight is 331 g/mol. The fraction of sp³-hybridized carbons (Fsp3) is 0.474. The quantitative estimate of drug-likeness (QED) is 0.592. The largest absolute Gasteiger partial charge is 0.498 e. The summed E-state index contributed by atoms with van der Waals surface area (Å²) in [5, 5.41) is 0. The van der Waals surface area contributed by atoms with Crippen molar-refractivity contribution in [2.45, 2.75) is 26.2 Å². The van der Waals surface area contributed by atoms with Gasteiger partial charge in [-0.1, -0.05) is 12.1 Å². The topological polar surface area (TPSA) is 55.8 Å². The number of anilines is 1. The van der Waals surface area contributed by atoms with Crippen molar-refractivity contribution in [2.75, 3.05) is 32.2 Å². The summed E-state index contributed by atoms with van der Waals surface area (Å²) in [5.41, 5.74) is 2.01. The van der Waals surface area contributed by atoms with E-state index in [4.69, 9.17) is 9.47 Å². The lowest BCUT2D eigenvalue weighted by Crippen LogP contribution is -2.34. The second-order valence-corrected chi connectivity index (χ2v) is 5.97. The van der Waals surface area contributed by atoms with E-state index in [1.807, 2.05) is 50.2 Å². The first kappa shape index (κ1) is 18.0. The summed E-state index contributed by atoms with van der Waals surface area (Å²) < 4.78 is 10.7. The predicted octanol–water partition coefficient (Wildman–Crippen LogP) is 2.91. The Balaban J connectivity index is 2.35. The zero-order valence-electron chi connectivity index (χ0n) is 14.7. The van der Waals surface area contributed by atoms with E-state index in [2.05, 4.69) is 0 Å². The molecule has 0 amide bonds. The number of allylic oxidation sites excluding steroid dienone is 2. The van der Waals surface area contributed by atoms with Crippen molar-refractivity contribution in [3.05, 3.63) is 41.7 Å². The Morgan fingerprint density at radius 2 is 1.83 bits per heavy atom. The molecular formula is C19H25NO4. The lowest BCUT2D eigenvalue weighted by Gasteiger charge is -2.29. The first-order valence-corrected chi connectivity index (χ1v) is 8.29. The SMILES string of the molecule is CCOC(=O)C1C(=O)C=C(OCC)CC1c1ccc(N(C)C)cc1. The normalized spacial score (nSPS) is 20.3. The second-order valence-electron chi connectivity index (χ2n) is 5.97. The van der Waals surface area contributed by atoms with E-state index >= 15 is 0 Å². The molecule has 0 heterocycles. The number of esters is 1. The van der Waals surface area contributed by atoms with Crippen LogP contribution in [0.3, 0.4) is 0 Å². The molecule has 2 rings (SSSR count). The molecule has 1 aliphatic rings. The van der Waals surface area contributed by atoms with Gasteiger partial charge in [0.2, 0.25) is 0 Å². The van der Waals surface area contributed by atoms with Crippen molar-refractivity contribution >= 4 is 17.4 Å². The monoisotopic (exact) mass is 331 g/mol. The van der Waals surface area contributed by atoms with Crippen molar-refractivity contribution in [2.24, 2.45) is 5.92 Å². The molecule has 1 aromatic rings. The first-order chi connectivity index (χ1) is 11.5. The minimum atomic E-state index is -0.806. The summed E-state index contributed by atoms with van der Waals surface area (Å²) >= 11 is 0. The van der Waals surface area contributed by atoms with Gasteiger partial charge in [-0.3, -0.25) is 9.59 Å². The minimum absolute atomic E-state index is 0.246.